The number of halogens is 1. The molecule has 0 aliphatic rings. The van der Waals surface area contributed by atoms with E-state index < -0.39 is 6.04 Å². The SMILES string of the molecule is CCOC(=O)C(NC(=O)C(C)C(C)N)C(C)CC.Cl. The summed E-state index contributed by atoms with van der Waals surface area (Å²) in [5.74, 6) is -0.875. The predicted octanol–water partition coefficient (Wildman–Crippen LogP) is 1.49. The summed E-state index contributed by atoms with van der Waals surface area (Å²) in [5, 5.41) is 2.74. The first kappa shape index (κ1) is 20.5. The Hall–Kier alpha value is -0.810. The maximum absolute atomic E-state index is 11.9. The van der Waals surface area contributed by atoms with Gasteiger partial charge in [-0.3, -0.25) is 4.79 Å². The van der Waals surface area contributed by atoms with Gasteiger partial charge in [0.05, 0.1) is 6.61 Å². The second-order valence-electron chi connectivity index (χ2n) is 4.77. The van der Waals surface area contributed by atoms with E-state index in [9.17, 15) is 9.59 Å². The molecule has 4 unspecified atom stereocenters. The Balaban J connectivity index is 0. The largest absolute Gasteiger partial charge is 0.464 e. The second kappa shape index (κ2) is 10.0. The lowest BCUT2D eigenvalue weighted by atomic mass is 9.97. The second-order valence-corrected chi connectivity index (χ2v) is 4.77. The number of amides is 1. The summed E-state index contributed by atoms with van der Waals surface area (Å²) in [5.41, 5.74) is 5.68. The molecule has 0 aliphatic heterocycles. The molecular formula is C13H27ClN2O3. The molecule has 114 valence electrons. The molecule has 0 heterocycles. The first-order valence-electron chi connectivity index (χ1n) is 6.57. The van der Waals surface area contributed by atoms with Crippen molar-refractivity contribution in [2.45, 2.75) is 53.1 Å². The van der Waals surface area contributed by atoms with Gasteiger partial charge < -0.3 is 15.8 Å². The van der Waals surface area contributed by atoms with Crippen LogP contribution in [-0.4, -0.2) is 30.6 Å². The summed E-state index contributed by atoms with van der Waals surface area (Å²) in [6.07, 6.45) is 0.788. The molecule has 0 saturated carbocycles. The zero-order valence-electron chi connectivity index (χ0n) is 12.4. The van der Waals surface area contributed by atoms with E-state index >= 15 is 0 Å². The van der Waals surface area contributed by atoms with Crippen LogP contribution in [0, 0.1) is 11.8 Å². The number of nitrogens with one attached hydrogen (secondary N) is 1. The molecule has 0 aromatic carbocycles. The number of carbonyl (C=O) groups is 2. The van der Waals surface area contributed by atoms with Gasteiger partial charge in [0.25, 0.3) is 0 Å². The van der Waals surface area contributed by atoms with E-state index in [1.54, 1.807) is 20.8 Å². The van der Waals surface area contributed by atoms with Crippen molar-refractivity contribution in [3.8, 4) is 0 Å². The van der Waals surface area contributed by atoms with Gasteiger partial charge in [0.1, 0.15) is 6.04 Å². The van der Waals surface area contributed by atoms with Crippen molar-refractivity contribution in [3.05, 3.63) is 0 Å². The summed E-state index contributed by atoms with van der Waals surface area (Å²) in [4.78, 5) is 23.7. The number of hydrogen-bond acceptors (Lipinski definition) is 4. The molecule has 0 rings (SSSR count). The van der Waals surface area contributed by atoms with Crippen molar-refractivity contribution in [2.24, 2.45) is 17.6 Å². The lowest BCUT2D eigenvalue weighted by molar-refractivity contribution is -0.149. The molecule has 5 nitrogen and oxygen atoms in total. The Kier molecular flexibility index (Phi) is 10.8. The van der Waals surface area contributed by atoms with Crippen LogP contribution in [0.5, 0.6) is 0 Å². The number of hydrogen-bond donors (Lipinski definition) is 2. The van der Waals surface area contributed by atoms with Crippen LogP contribution >= 0.6 is 12.4 Å². The smallest absolute Gasteiger partial charge is 0.328 e. The van der Waals surface area contributed by atoms with Crippen LogP contribution < -0.4 is 11.1 Å². The van der Waals surface area contributed by atoms with E-state index in [1.807, 2.05) is 13.8 Å². The third-order valence-electron chi connectivity index (χ3n) is 3.25. The average molecular weight is 295 g/mol. The lowest BCUT2D eigenvalue weighted by Gasteiger charge is -2.25. The third kappa shape index (κ3) is 6.78. The van der Waals surface area contributed by atoms with Crippen molar-refractivity contribution in [2.75, 3.05) is 6.61 Å². The van der Waals surface area contributed by atoms with Gasteiger partial charge in [-0.2, -0.15) is 0 Å². The first-order chi connectivity index (χ1) is 8.34. The van der Waals surface area contributed by atoms with Gasteiger partial charge >= 0.3 is 5.97 Å². The van der Waals surface area contributed by atoms with Gasteiger partial charge in [0.15, 0.2) is 0 Å². The lowest BCUT2D eigenvalue weighted by Crippen LogP contribution is -2.50. The molecule has 0 aromatic heterocycles. The number of rotatable bonds is 7. The molecule has 0 bridgehead atoms. The van der Waals surface area contributed by atoms with Crippen LogP contribution in [0.4, 0.5) is 0 Å². The molecule has 0 aromatic rings. The highest BCUT2D eigenvalue weighted by Gasteiger charge is 2.29. The minimum Gasteiger partial charge on any atom is -0.464 e. The van der Waals surface area contributed by atoms with Gasteiger partial charge in [-0.15, -0.1) is 12.4 Å². The Morgan fingerprint density at radius 1 is 1.21 bits per heavy atom. The summed E-state index contributed by atoms with van der Waals surface area (Å²) >= 11 is 0. The van der Waals surface area contributed by atoms with Crippen LogP contribution in [0.15, 0.2) is 0 Å². The van der Waals surface area contributed by atoms with Crippen LogP contribution in [0.2, 0.25) is 0 Å². The van der Waals surface area contributed by atoms with E-state index in [-0.39, 0.29) is 42.2 Å². The molecule has 0 aliphatic carbocycles. The molecule has 4 atom stereocenters. The summed E-state index contributed by atoms with van der Waals surface area (Å²) in [6.45, 7) is 9.46. The van der Waals surface area contributed by atoms with Gasteiger partial charge in [-0.05, 0) is 19.8 Å². The highest BCUT2D eigenvalue weighted by Crippen LogP contribution is 2.11. The molecule has 6 heteroatoms. The number of carbonyl (C=O) groups excluding carboxylic acids is 2. The molecule has 1 amide bonds. The van der Waals surface area contributed by atoms with Crippen molar-refractivity contribution in [3.63, 3.8) is 0 Å². The maximum atomic E-state index is 11.9. The summed E-state index contributed by atoms with van der Waals surface area (Å²) in [6, 6.07) is -0.839. The fraction of sp³-hybridized carbons (Fsp3) is 0.846. The maximum Gasteiger partial charge on any atom is 0.328 e. The Morgan fingerprint density at radius 3 is 2.11 bits per heavy atom. The number of esters is 1. The van der Waals surface area contributed by atoms with Gasteiger partial charge in [-0.1, -0.05) is 27.2 Å². The third-order valence-corrected chi connectivity index (χ3v) is 3.25. The Morgan fingerprint density at radius 2 is 1.74 bits per heavy atom. The van der Waals surface area contributed by atoms with Gasteiger partial charge in [0.2, 0.25) is 5.91 Å². The molecule has 3 N–H and O–H groups in total. The van der Waals surface area contributed by atoms with Crippen LogP contribution in [0.25, 0.3) is 0 Å². The highest BCUT2D eigenvalue weighted by atomic mass is 35.5. The molecule has 0 fully saturated rings. The van der Waals surface area contributed by atoms with Crippen molar-refractivity contribution >= 4 is 24.3 Å². The normalized spacial score (nSPS) is 16.5. The topological polar surface area (TPSA) is 81.4 Å². The van der Waals surface area contributed by atoms with Gasteiger partial charge in [-0.25, -0.2) is 4.79 Å². The zero-order valence-corrected chi connectivity index (χ0v) is 13.3. The number of nitrogens with two attached hydrogens (primary N) is 1. The van der Waals surface area contributed by atoms with Crippen molar-refractivity contribution in [1.82, 2.24) is 5.32 Å². The molecular weight excluding hydrogens is 268 g/mol. The minimum atomic E-state index is -0.594. The summed E-state index contributed by atoms with van der Waals surface area (Å²) in [7, 11) is 0. The Labute approximate surface area is 122 Å². The van der Waals surface area contributed by atoms with E-state index in [0.29, 0.717) is 6.61 Å². The van der Waals surface area contributed by atoms with Gasteiger partial charge in [0, 0.05) is 12.0 Å². The fourth-order valence-corrected chi connectivity index (χ4v) is 1.42. The summed E-state index contributed by atoms with van der Waals surface area (Å²) < 4.78 is 4.98. The zero-order chi connectivity index (χ0) is 14.3. The monoisotopic (exact) mass is 294 g/mol. The van der Waals surface area contributed by atoms with E-state index in [1.165, 1.54) is 0 Å². The average Bonchev–Trinajstić information content (AvgIpc) is 2.33. The van der Waals surface area contributed by atoms with E-state index in [4.69, 9.17) is 10.5 Å². The fourth-order valence-electron chi connectivity index (χ4n) is 1.42. The highest BCUT2D eigenvalue weighted by molar-refractivity contribution is 5.86. The quantitative estimate of drug-likeness (QED) is 0.697. The van der Waals surface area contributed by atoms with Crippen LogP contribution in [0.1, 0.15) is 41.0 Å². The molecule has 0 saturated heterocycles. The van der Waals surface area contributed by atoms with E-state index in [2.05, 4.69) is 5.32 Å². The molecule has 0 radical (unpaired) electrons. The Bertz CT molecular complexity index is 285. The van der Waals surface area contributed by atoms with Crippen LogP contribution in [-0.2, 0) is 14.3 Å². The van der Waals surface area contributed by atoms with E-state index in [0.717, 1.165) is 6.42 Å². The predicted molar refractivity (Wildman–Crippen MR) is 78.1 cm³/mol. The molecule has 0 spiro atoms. The number of ether oxygens (including phenoxy) is 1. The minimum absolute atomic E-state index is 0. The van der Waals surface area contributed by atoms with Crippen LogP contribution in [0.3, 0.4) is 0 Å². The standard InChI is InChI=1S/C13H26N2O3.ClH/c1-6-8(3)11(13(17)18-7-2)15-12(16)9(4)10(5)14;/h8-11H,6-7,14H2,1-5H3,(H,15,16);1H. The van der Waals surface area contributed by atoms with Crippen molar-refractivity contribution < 1.29 is 14.3 Å². The first-order valence-corrected chi connectivity index (χ1v) is 6.57. The molecule has 19 heavy (non-hydrogen) atoms. The van der Waals surface area contributed by atoms with Crippen molar-refractivity contribution in [1.29, 1.82) is 0 Å².